The van der Waals surface area contributed by atoms with Crippen molar-refractivity contribution in [2.75, 3.05) is 13.1 Å². The first kappa shape index (κ1) is 92.8. The van der Waals surface area contributed by atoms with Crippen molar-refractivity contribution in [3.05, 3.63) is 510 Å². The zero-order valence-corrected chi connectivity index (χ0v) is 71.0. The van der Waals surface area contributed by atoms with Gasteiger partial charge >= 0.3 is 39.0 Å². The monoisotopic (exact) mass is 1760 g/mol. The van der Waals surface area contributed by atoms with Crippen molar-refractivity contribution in [2.24, 2.45) is 0 Å². The second-order valence-electron chi connectivity index (χ2n) is 24.1. The van der Waals surface area contributed by atoms with Crippen molar-refractivity contribution in [3.8, 4) is 0 Å². The van der Waals surface area contributed by atoms with E-state index in [0.717, 1.165) is 0 Å². The zero-order chi connectivity index (χ0) is 76.9. The number of nitrogens with zero attached hydrogens (tertiary/aromatic N) is 2. The van der Waals surface area contributed by atoms with Crippen LogP contribution in [0.2, 0.25) is 0 Å². The van der Waals surface area contributed by atoms with Crippen LogP contribution in [0.1, 0.15) is 0 Å². The second-order valence-corrected chi connectivity index (χ2v) is 34.0. The van der Waals surface area contributed by atoms with Gasteiger partial charge in [-0.3, -0.25) is 9.59 Å². The maximum absolute atomic E-state index is 11.4. The molecule has 0 bridgehead atoms. The van der Waals surface area contributed by atoms with Gasteiger partial charge in [-0.2, -0.15) is 36.4 Å². The van der Waals surface area contributed by atoms with Crippen molar-refractivity contribution < 1.29 is 65.6 Å². The minimum absolute atomic E-state index is 0. The number of nitrogens with one attached hydrogen (secondary N) is 2. The Bertz CT molecular complexity index is 4030. The molecule has 0 spiro atoms. The molecule has 0 saturated heterocycles. The van der Waals surface area contributed by atoms with E-state index in [4.69, 9.17) is 23.7 Å². The molecule has 0 aliphatic heterocycles. The maximum Gasteiger partial charge on any atom is 6.00 e. The SMILES string of the molecule is O=C1C=CC=CC1=CNCCNC=C1C=CC=CC1=O.[C-]#N.[C-]#N.[Fe].[Ru+6].[Ru+6].c1cc[cH-]c1.c1cc[cH-]c1.c1ccc([PH+](c2ccccc2)c2ccccc2)cc1.c1ccc([PH+](c2ccccc2)c2ccccc2)cc1.c1ccc([PH+](c2ccccc2)c2ccccc2)cc1.c1ccc([PH+](c2ccccc2)c2ccccc2)cc1. The molecule has 2 aliphatic carbocycles. The van der Waals surface area contributed by atoms with Crippen LogP contribution in [0.25, 0.3) is 0 Å². The first-order valence-electron chi connectivity index (χ1n) is 36.1. The summed E-state index contributed by atoms with van der Waals surface area (Å²) in [6, 6.07) is 150. The van der Waals surface area contributed by atoms with Crippen LogP contribution in [0, 0.1) is 23.7 Å². The van der Waals surface area contributed by atoms with Crippen LogP contribution in [0.4, 0.5) is 0 Å². The van der Waals surface area contributed by atoms with Gasteiger partial charge in [-0.15, -0.1) is 0 Å². The molecule has 0 atom stereocenters. The summed E-state index contributed by atoms with van der Waals surface area (Å²) >= 11 is 0. The molecule has 0 heterocycles. The molecule has 113 heavy (non-hydrogen) atoms. The normalized spacial score (nSPS) is 11.6. The summed E-state index contributed by atoms with van der Waals surface area (Å²) in [5.74, 6) is -0.000363. The summed E-state index contributed by atoms with van der Waals surface area (Å²) in [7, 11) is -3.51. The minimum atomic E-state index is -0.877. The van der Waals surface area contributed by atoms with E-state index in [1.165, 1.54) is 75.8 Å². The van der Waals surface area contributed by atoms with Gasteiger partial charge in [-0.25, -0.2) is 24.3 Å². The van der Waals surface area contributed by atoms with Gasteiger partial charge in [0.1, 0.15) is 63.7 Å². The van der Waals surface area contributed by atoms with Crippen LogP contribution < -0.4 is 74.3 Å². The van der Waals surface area contributed by atoms with Crippen LogP contribution in [-0.4, -0.2) is 24.7 Å². The predicted octanol–water partition coefficient (Wildman–Crippen LogP) is 17.0. The average Bonchev–Trinajstić information content (AvgIpc) is 1.67. The van der Waals surface area contributed by atoms with Crippen molar-refractivity contribution in [3.63, 3.8) is 0 Å². The topological polar surface area (TPSA) is 106 Å². The Labute approximate surface area is 710 Å². The van der Waals surface area contributed by atoms with E-state index in [0.29, 0.717) is 24.2 Å². The number of hydrogen-bond acceptors (Lipinski definition) is 6. The minimum Gasteiger partial charge on any atom is -0.512 e. The molecule has 2 aliphatic rings. The summed E-state index contributed by atoms with van der Waals surface area (Å²) in [5.41, 5.74) is 1.28. The molecule has 16 rings (SSSR count). The molecular weight excluding hydrogens is 1670 g/mol. The van der Waals surface area contributed by atoms with E-state index in [1.807, 2.05) is 72.8 Å². The predicted molar refractivity (Wildman–Crippen MR) is 479 cm³/mol. The number of carbonyl (C=O) groups is 2. The third-order valence-electron chi connectivity index (χ3n) is 16.6. The van der Waals surface area contributed by atoms with E-state index in [-0.39, 0.29) is 67.6 Å². The van der Waals surface area contributed by atoms with Gasteiger partial charge in [0.25, 0.3) is 0 Å². The zero-order valence-electron chi connectivity index (χ0n) is 62.4. The van der Waals surface area contributed by atoms with Gasteiger partial charge in [-0.05, 0) is 170 Å². The summed E-state index contributed by atoms with van der Waals surface area (Å²) < 4.78 is 0. The third-order valence-corrected chi connectivity index (χ3v) is 27.6. The molecular formula is C100H90FeN4O2P4Ru2+12. The van der Waals surface area contributed by atoms with Crippen LogP contribution in [0.15, 0.2) is 497 Å². The van der Waals surface area contributed by atoms with Gasteiger partial charge in [-0.1, -0.05) is 243 Å². The number of ketones is 2. The van der Waals surface area contributed by atoms with E-state index >= 15 is 0 Å². The van der Waals surface area contributed by atoms with E-state index in [2.05, 4.69) is 375 Å². The molecule has 0 unspecified atom stereocenters. The molecule has 6 nitrogen and oxygen atoms in total. The summed E-state index contributed by atoms with van der Waals surface area (Å²) in [6.07, 6.45) is 17.1. The molecule has 14 aromatic rings. The van der Waals surface area contributed by atoms with Gasteiger partial charge in [0.2, 0.25) is 0 Å². The second kappa shape index (κ2) is 57.3. The fourth-order valence-corrected chi connectivity index (χ4v) is 21.9. The van der Waals surface area contributed by atoms with Gasteiger partial charge in [0.15, 0.2) is 11.6 Å². The molecule has 0 radical (unpaired) electrons. The number of benzene rings is 12. The van der Waals surface area contributed by atoms with Crippen molar-refractivity contribution in [1.29, 1.82) is 10.5 Å². The van der Waals surface area contributed by atoms with Crippen LogP contribution in [-0.2, 0) is 65.6 Å². The maximum atomic E-state index is 11.4. The number of rotatable bonds is 17. The van der Waals surface area contributed by atoms with Gasteiger partial charge in [0, 0.05) is 53.7 Å². The molecule has 554 valence electrons. The van der Waals surface area contributed by atoms with Crippen molar-refractivity contribution in [2.45, 2.75) is 0 Å². The molecule has 0 fully saturated rings. The molecule has 13 heteroatoms. The standard InChI is InChI=1S/4C18H15P.C16H16N2O2.2C5H5.2CN.Fe.2Ru/c4*1-4-10-16(11-5-1)19(17-12-6-2-7-13-17)18-14-8-3-9-15-18;19-15-7-3-1-5-13(15)11-17-9-10-18-12-14-6-2-4-8-16(14)20;2*1-2-4-5-3-1;2*1-2;;;/h4*1-15H;1-8,11-12,17-18H,9-10H2;2*1-5H;;;;;/q;;;;;4*-1;;2*+6/p+4. The Balaban J connectivity index is 0.000000240. The van der Waals surface area contributed by atoms with Crippen LogP contribution in [0.5, 0.6) is 0 Å². The average molecular weight is 1760 g/mol. The Kier molecular flexibility index (Phi) is 47.0. The van der Waals surface area contributed by atoms with Crippen molar-refractivity contribution in [1.82, 2.24) is 10.6 Å². The summed E-state index contributed by atoms with van der Waals surface area (Å²) in [5, 5.41) is 35.8. The molecule has 2 N–H and O–H groups in total. The smallest absolute Gasteiger partial charge is 0.512 e. The fourth-order valence-electron chi connectivity index (χ4n) is 11.6. The van der Waals surface area contributed by atoms with Gasteiger partial charge < -0.3 is 34.3 Å². The molecule has 14 aromatic carbocycles. The largest absolute Gasteiger partial charge is 6.00 e. The third kappa shape index (κ3) is 32.8. The van der Waals surface area contributed by atoms with E-state index < -0.39 is 31.7 Å². The Morgan fingerprint density at radius 3 is 0.504 bits per heavy atom. The van der Waals surface area contributed by atoms with Gasteiger partial charge in [0.05, 0.1) is 31.7 Å². The van der Waals surface area contributed by atoms with E-state index in [9.17, 15) is 9.59 Å². The number of carbonyl (C=O) groups excluding carboxylic acids is 2. The molecule has 0 amide bonds. The Morgan fingerprint density at radius 2 is 0.381 bits per heavy atom. The molecule has 0 saturated carbocycles. The van der Waals surface area contributed by atoms with Crippen LogP contribution >= 0.6 is 31.7 Å². The first-order valence-corrected chi connectivity index (χ1v) is 42.1. The molecule has 0 aromatic heterocycles. The van der Waals surface area contributed by atoms with Crippen LogP contribution in [0.3, 0.4) is 0 Å². The van der Waals surface area contributed by atoms with E-state index in [1.54, 1.807) is 36.7 Å². The Morgan fingerprint density at radius 1 is 0.239 bits per heavy atom. The number of allylic oxidation sites excluding steroid dienone is 10. The number of hydrogen-bond donors (Lipinski definition) is 2. The van der Waals surface area contributed by atoms with Crippen molar-refractivity contribution >= 4 is 107 Å². The quantitative estimate of drug-likeness (QED) is 0.0309. The Hall–Kier alpha value is -10.8. The summed E-state index contributed by atoms with van der Waals surface area (Å²) in [6.45, 7) is 10.8. The summed E-state index contributed by atoms with van der Waals surface area (Å²) in [4.78, 5) is 22.9. The fraction of sp³-hybridized carbons (Fsp3) is 0.0200. The first-order chi connectivity index (χ1) is 54.6.